The van der Waals surface area contributed by atoms with Crippen molar-refractivity contribution in [3.8, 4) is 0 Å². The van der Waals surface area contributed by atoms with Crippen LogP contribution in [0.5, 0.6) is 0 Å². The smallest absolute Gasteiger partial charge is 0.217 e. The van der Waals surface area contributed by atoms with E-state index < -0.39 is 22.6 Å². The molecule has 7 heteroatoms. The van der Waals surface area contributed by atoms with Gasteiger partial charge >= 0.3 is 0 Å². The molecule has 4 aliphatic carbocycles. The lowest BCUT2D eigenvalue weighted by molar-refractivity contribution is -0.170. The van der Waals surface area contributed by atoms with E-state index in [9.17, 15) is 22.9 Å². The van der Waals surface area contributed by atoms with Crippen LogP contribution in [0.3, 0.4) is 0 Å². The van der Waals surface area contributed by atoms with Gasteiger partial charge in [0.2, 0.25) is 10.4 Å². The maximum atomic E-state index is 12.2. The Hall–Kier alpha value is -0.500. The van der Waals surface area contributed by atoms with Crippen LogP contribution >= 0.6 is 0 Å². The van der Waals surface area contributed by atoms with Crippen LogP contribution in [0.15, 0.2) is 0 Å². The van der Waals surface area contributed by atoms with Gasteiger partial charge in [-0.1, -0.05) is 13.8 Å². The standard InChI is InChI=1S/C21H34O6S/c1-12(22)15-4-5-16-14-11-19(23)18-10-13(27-28(24,25)26)6-8-21(18,3)17(14)7-9-20(15,16)2/h13-19,23H,4-11H2,1-3H3,(H,24,25,26)/p-1/t13-,14-,15+,16-,17-,18?,19?,20+,21+/m0/s1. The first-order valence-corrected chi connectivity index (χ1v) is 12.1. The highest BCUT2D eigenvalue weighted by Gasteiger charge is 2.62. The van der Waals surface area contributed by atoms with Crippen molar-refractivity contribution >= 4 is 16.2 Å². The van der Waals surface area contributed by atoms with Crippen LogP contribution < -0.4 is 0 Å². The van der Waals surface area contributed by atoms with E-state index in [-0.39, 0.29) is 22.7 Å². The predicted octanol–water partition coefficient (Wildman–Crippen LogP) is 3.05. The molecule has 0 radical (unpaired) electrons. The SMILES string of the molecule is CC(=O)[C@H]1CC[C@H]2[C@@H]3CC(O)C4C[C@@H](OS(=O)(=O)[O-])CC[C@]4(C)[C@H]3CC[C@]12C. The largest absolute Gasteiger partial charge is 0.726 e. The van der Waals surface area contributed by atoms with E-state index in [1.165, 1.54) is 0 Å². The van der Waals surface area contributed by atoms with Crippen molar-refractivity contribution in [1.82, 2.24) is 0 Å². The Bertz CT molecular complexity index is 750. The number of Topliss-reactive ketones (excluding diaryl/α,β-unsaturated/α-hetero) is 1. The molecule has 6 nitrogen and oxygen atoms in total. The highest BCUT2D eigenvalue weighted by atomic mass is 32.3. The quantitative estimate of drug-likeness (QED) is 0.563. The van der Waals surface area contributed by atoms with Crippen molar-refractivity contribution in [3.05, 3.63) is 0 Å². The van der Waals surface area contributed by atoms with Crippen LogP contribution in [-0.4, -0.2) is 36.1 Å². The molecule has 4 rings (SSSR count). The van der Waals surface area contributed by atoms with Crippen LogP contribution in [0, 0.1) is 40.4 Å². The maximum Gasteiger partial charge on any atom is 0.217 e. The average Bonchev–Trinajstić information content (AvgIpc) is 2.92. The fourth-order valence-corrected chi connectivity index (χ4v) is 8.69. The first-order valence-electron chi connectivity index (χ1n) is 10.8. The van der Waals surface area contributed by atoms with Gasteiger partial charge in [-0.05, 0) is 92.8 Å². The summed E-state index contributed by atoms with van der Waals surface area (Å²) in [7, 11) is -4.72. The number of aliphatic hydroxyl groups excluding tert-OH is 1. The van der Waals surface area contributed by atoms with Crippen LogP contribution in [-0.2, 0) is 19.4 Å². The Morgan fingerprint density at radius 1 is 1.00 bits per heavy atom. The van der Waals surface area contributed by atoms with Crippen LogP contribution in [0.25, 0.3) is 0 Å². The minimum Gasteiger partial charge on any atom is -0.726 e. The molecule has 0 amide bonds. The van der Waals surface area contributed by atoms with Gasteiger partial charge < -0.3 is 9.66 Å². The maximum absolute atomic E-state index is 12.2. The lowest BCUT2D eigenvalue weighted by Crippen LogP contribution is -2.58. The van der Waals surface area contributed by atoms with Crippen LogP contribution in [0.4, 0.5) is 0 Å². The van der Waals surface area contributed by atoms with Crippen molar-refractivity contribution in [3.63, 3.8) is 0 Å². The molecule has 0 heterocycles. The van der Waals surface area contributed by atoms with E-state index in [4.69, 9.17) is 4.18 Å². The molecule has 4 aliphatic rings. The van der Waals surface area contributed by atoms with Crippen molar-refractivity contribution in [2.45, 2.75) is 84.3 Å². The van der Waals surface area contributed by atoms with E-state index >= 15 is 0 Å². The third-order valence-corrected chi connectivity index (χ3v) is 9.88. The normalized spacial score (nSPS) is 51.1. The number of aliphatic hydroxyl groups is 1. The summed E-state index contributed by atoms with van der Waals surface area (Å²) in [6, 6.07) is 0. The van der Waals surface area contributed by atoms with Gasteiger partial charge in [0.15, 0.2) is 0 Å². The minimum absolute atomic E-state index is 0.0383. The van der Waals surface area contributed by atoms with Gasteiger partial charge in [0, 0.05) is 5.92 Å². The van der Waals surface area contributed by atoms with E-state index in [1.807, 2.05) is 0 Å². The third kappa shape index (κ3) is 3.17. The summed E-state index contributed by atoms with van der Waals surface area (Å²) in [5.41, 5.74) is -0.0165. The van der Waals surface area contributed by atoms with Gasteiger partial charge in [-0.3, -0.25) is 8.98 Å². The predicted molar refractivity (Wildman–Crippen MR) is 102 cm³/mol. The molecule has 160 valence electrons. The van der Waals surface area contributed by atoms with E-state index in [2.05, 4.69) is 13.8 Å². The molecule has 0 bridgehead atoms. The Kier molecular flexibility index (Phi) is 5.01. The number of ketones is 1. The lowest BCUT2D eigenvalue weighted by Gasteiger charge is -2.62. The monoisotopic (exact) mass is 413 g/mol. The second-order valence-electron chi connectivity index (χ2n) is 10.5. The van der Waals surface area contributed by atoms with E-state index in [0.29, 0.717) is 42.8 Å². The Balaban J connectivity index is 1.58. The Morgan fingerprint density at radius 2 is 1.64 bits per heavy atom. The minimum atomic E-state index is -4.72. The van der Waals surface area contributed by atoms with Gasteiger partial charge in [-0.25, -0.2) is 8.42 Å². The molecule has 0 aromatic heterocycles. The lowest BCUT2D eigenvalue weighted by atomic mass is 9.44. The fraction of sp³-hybridized carbons (Fsp3) is 0.952. The molecule has 4 saturated carbocycles. The van der Waals surface area contributed by atoms with Crippen LogP contribution in [0.2, 0.25) is 0 Å². The second-order valence-corrected chi connectivity index (χ2v) is 11.5. The molecule has 0 aliphatic heterocycles. The summed E-state index contributed by atoms with van der Waals surface area (Å²) in [4.78, 5) is 12.2. The second kappa shape index (κ2) is 6.76. The molecular weight excluding hydrogens is 380 g/mol. The van der Waals surface area contributed by atoms with Gasteiger partial charge in [-0.15, -0.1) is 0 Å². The van der Waals surface area contributed by atoms with E-state index in [0.717, 1.165) is 32.1 Å². The number of carbonyl (C=O) groups excluding carboxylic acids is 1. The molecule has 0 aromatic carbocycles. The molecule has 1 N–H and O–H groups in total. The topological polar surface area (TPSA) is 104 Å². The number of hydrogen-bond donors (Lipinski definition) is 1. The number of carbonyl (C=O) groups is 1. The number of hydrogen-bond acceptors (Lipinski definition) is 6. The summed E-state index contributed by atoms with van der Waals surface area (Å²) in [6.45, 7) is 6.26. The molecule has 0 aromatic rings. The summed E-state index contributed by atoms with van der Waals surface area (Å²) >= 11 is 0. The molecular formula is C21H33O6S-. The van der Waals surface area contributed by atoms with Gasteiger partial charge in [0.25, 0.3) is 0 Å². The third-order valence-electron chi connectivity index (χ3n) is 9.38. The summed E-state index contributed by atoms with van der Waals surface area (Å²) in [5.74, 6) is 1.79. The molecule has 28 heavy (non-hydrogen) atoms. The first-order chi connectivity index (χ1) is 13.0. The van der Waals surface area contributed by atoms with Crippen molar-refractivity contribution < 1.29 is 27.1 Å². The molecule has 2 unspecified atom stereocenters. The van der Waals surface area contributed by atoms with Crippen molar-refractivity contribution in [2.75, 3.05) is 0 Å². The number of fused-ring (bicyclic) bond motifs is 5. The summed E-state index contributed by atoms with van der Waals surface area (Å²) < 4.78 is 37.8. The average molecular weight is 414 g/mol. The zero-order valence-electron chi connectivity index (χ0n) is 17.1. The van der Waals surface area contributed by atoms with Gasteiger partial charge in [-0.2, -0.15) is 0 Å². The summed E-state index contributed by atoms with van der Waals surface area (Å²) in [5, 5.41) is 11.1. The Morgan fingerprint density at radius 3 is 2.29 bits per heavy atom. The zero-order chi connectivity index (χ0) is 20.5. The van der Waals surface area contributed by atoms with Crippen LogP contribution in [0.1, 0.15) is 72.1 Å². The molecule has 9 atom stereocenters. The highest BCUT2D eigenvalue weighted by molar-refractivity contribution is 7.80. The molecule has 0 saturated heterocycles. The van der Waals surface area contributed by atoms with Crippen molar-refractivity contribution in [2.24, 2.45) is 40.4 Å². The summed E-state index contributed by atoms with van der Waals surface area (Å²) in [6.07, 6.45) is 5.48. The van der Waals surface area contributed by atoms with E-state index in [1.54, 1.807) is 6.92 Å². The number of rotatable bonds is 3. The van der Waals surface area contributed by atoms with Gasteiger partial charge in [0.05, 0.1) is 12.2 Å². The zero-order valence-corrected chi connectivity index (χ0v) is 17.9. The molecule has 4 fully saturated rings. The fourth-order valence-electron chi connectivity index (χ4n) is 8.18. The Labute approximate surface area is 168 Å². The molecule has 0 spiro atoms. The van der Waals surface area contributed by atoms with Crippen molar-refractivity contribution in [1.29, 1.82) is 0 Å². The first kappa shape index (κ1) is 20.8. The van der Waals surface area contributed by atoms with Gasteiger partial charge in [0.1, 0.15) is 5.78 Å². The highest BCUT2D eigenvalue weighted by Crippen LogP contribution is 2.67.